The molecule has 0 saturated carbocycles. The Hall–Kier alpha value is -2.99. The number of nitrogens with one attached hydrogen (secondary N) is 2. The number of fused-ring (bicyclic) bond motifs is 1. The van der Waals surface area contributed by atoms with Crippen LogP contribution in [-0.4, -0.2) is 60.5 Å². The highest BCUT2D eigenvalue weighted by Crippen LogP contribution is 2.33. The maximum absolute atomic E-state index is 12.2. The Morgan fingerprint density at radius 1 is 1.59 bits per heavy atom. The van der Waals surface area contributed by atoms with Crippen molar-refractivity contribution in [3.8, 4) is 0 Å². The van der Waals surface area contributed by atoms with E-state index >= 15 is 0 Å². The molecule has 0 bridgehead atoms. The molecule has 1 amide bonds. The third-order valence-corrected chi connectivity index (χ3v) is 4.17. The molecule has 0 aromatic carbocycles. The van der Waals surface area contributed by atoms with Gasteiger partial charge in [-0.1, -0.05) is 19.0 Å². The van der Waals surface area contributed by atoms with Gasteiger partial charge in [0.25, 0.3) is 5.56 Å². The van der Waals surface area contributed by atoms with Crippen LogP contribution in [0.2, 0.25) is 0 Å². The quantitative estimate of drug-likeness (QED) is 0.310. The number of nitrogens with zero attached hydrogens (tertiary/aromatic N) is 6. The fourth-order valence-corrected chi connectivity index (χ4v) is 2.73. The number of rotatable bonds is 5. The molecule has 3 heterocycles. The average Bonchev–Trinajstić information content (AvgIpc) is 3.17. The third kappa shape index (κ3) is 3.36. The molecule has 2 aromatic heterocycles. The van der Waals surface area contributed by atoms with Crippen LogP contribution in [0.4, 0.5) is 5.95 Å². The molecule has 0 radical (unpaired) electrons. The van der Waals surface area contributed by atoms with Crippen LogP contribution in [-0.2, 0) is 9.53 Å². The average molecular weight is 378 g/mol. The Morgan fingerprint density at radius 3 is 2.96 bits per heavy atom. The van der Waals surface area contributed by atoms with E-state index < -0.39 is 36.6 Å². The Bertz CT molecular complexity index is 962. The summed E-state index contributed by atoms with van der Waals surface area (Å²) in [4.78, 5) is 37.4. The summed E-state index contributed by atoms with van der Waals surface area (Å²) in [5.74, 6) is -0.752. The minimum absolute atomic E-state index is 0.0252. The van der Waals surface area contributed by atoms with Crippen molar-refractivity contribution >= 4 is 23.0 Å². The second-order valence-electron chi connectivity index (χ2n) is 6.32. The topological polar surface area (TPSA) is 191 Å². The SMILES string of the molecule is CC(C)C(=O)Nc1nc2c(ncn2[C@@H]2O[C@H](CO)[C@@H](O)[C@H]2N=[N+]=[N-])c(=O)[nH]1. The molecule has 1 fully saturated rings. The number of hydrogen-bond acceptors (Lipinski definition) is 8. The molecule has 1 saturated heterocycles. The van der Waals surface area contributed by atoms with Gasteiger partial charge in [-0.3, -0.25) is 24.5 Å². The van der Waals surface area contributed by atoms with Crippen molar-refractivity contribution in [1.29, 1.82) is 0 Å². The molecule has 1 aliphatic rings. The van der Waals surface area contributed by atoms with Gasteiger partial charge >= 0.3 is 0 Å². The van der Waals surface area contributed by atoms with Crippen LogP contribution in [0, 0.1) is 5.92 Å². The van der Waals surface area contributed by atoms with Crippen LogP contribution in [0.15, 0.2) is 16.2 Å². The van der Waals surface area contributed by atoms with E-state index in [0.717, 1.165) is 0 Å². The number of hydrogen-bond donors (Lipinski definition) is 4. The molecular formula is C14H18N8O5. The van der Waals surface area contributed by atoms with Gasteiger partial charge in [0.05, 0.1) is 19.0 Å². The predicted octanol–water partition coefficient (Wildman–Crippen LogP) is -0.356. The van der Waals surface area contributed by atoms with Crippen LogP contribution >= 0.6 is 0 Å². The normalized spacial score (nSPS) is 24.9. The second kappa shape index (κ2) is 7.32. The minimum Gasteiger partial charge on any atom is -0.394 e. The number of azide groups is 1. The van der Waals surface area contributed by atoms with Gasteiger partial charge in [0.15, 0.2) is 11.2 Å². The number of H-pyrrole nitrogens is 1. The largest absolute Gasteiger partial charge is 0.394 e. The summed E-state index contributed by atoms with van der Waals surface area (Å²) in [5, 5.41) is 25.5. The number of ether oxygens (including phenoxy) is 1. The number of aliphatic hydroxyl groups is 2. The summed E-state index contributed by atoms with van der Waals surface area (Å²) in [5.41, 5.74) is 8.21. The number of aromatic nitrogens is 4. The molecule has 0 aliphatic carbocycles. The number of amides is 1. The lowest BCUT2D eigenvalue weighted by Crippen LogP contribution is -2.31. The Kier molecular flexibility index (Phi) is 5.10. The monoisotopic (exact) mass is 378 g/mol. The molecule has 0 unspecified atom stereocenters. The number of imidazole rings is 1. The Morgan fingerprint density at radius 2 is 2.33 bits per heavy atom. The molecule has 27 heavy (non-hydrogen) atoms. The molecule has 144 valence electrons. The van der Waals surface area contributed by atoms with Gasteiger partial charge in [-0.25, -0.2) is 4.98 Å². The standard InChI is InChI=1S/C14H18N8O5/c1-5(2)11(25)18-14-17-10-8(12(26)19-14)16-4-22(10)13-7(20-21-15)9(24)6(3-23)27-13/h4-7,9,13,23-24H,3H2,1-2H3,(H2,17,18,19,25,26)/t6-,7-,9-,13-/m1/s1. The van der Waals surface area contributed by atoms with Crippen LogP contribution in [0.5, 0.6) is 0 Å². The lowest BCUT2D eigenvalue weighted by atomic mass is 10.1. The first kappa shape index (κ1) is 18.8. The van der Waals surface area contributed by atoms with Gasteiger partial charge in [0, 0.05) is 10.8 Å². The lowest BCUT2D eigenvalue weighted by molar-refractivity contribution is -0.118. The number of carbonyl (C=O) groups is 1. The zero-order valence-corrected chi connectivity index (χ0v) is 14.5. The van der Waals surface area contributed by atoms with Crippen LogP contribution < -0.4 is 10.9 Å². The van der Waals surface area contributed by atoms with Crippen molar-refractivity contribution < 1.29 is 19.7 Å². The maximum atomic E-state index is 12.2. The Labute approximate surface area is 151 Å². The zero-order valence-electron chi connectivity index (χ0n) is 14.5. The highest BCUT2D eigenvalue weighted by Gasteiger charge is 2.44. The van der Waals surface area contributed by atoms with Crippen molar-refractivity contribution in [2.45, 2.75) is 38.3 Å². The van der Waals surface area contributed by atoms with E-state index in [2.05, 4.69) is 30.3 Å². The van der Waals surface area contributed by atoms with E-state index in [1.165, 1.54) is 10.9 Å². The number of aromatic amines is 1. The fourth-order valence-electron chi connectivity index (χ4n) is 2.73. The molecule has 13 nitrogen and oxygen atoms in total. The van der Waals surface area contributed by atoms with Gasteiger partial charge in [-0.05, 0) is 5.53 Å². The van der Waals surface area contributed by atoms with Crippen molar-refractivity contribution in [3.05, 3.63) is 27.1 Å². The summed E-state index contributed by atoms with van der Waals surface area (Å²) in [7, 11) is 0. The van der Waals surface area contributed by atoms with E-state index in [-0.39, 0.29) is 28.9 Å². The first-order valence-electron chi connectivity index (χ1n) is 8.13. The van der Waals surface area contributed by atoms with Crippen molar-refractivity contribution in [2.75, 3.05) is 11.9 Å². The van der Waals surface area contributed by atoms with E-state index in [9.17, 15) is 19.8 Å². The summed E-state index contributed by atoms with van der Waals surface area (Å²) in [6, 6.07) is -1.07. The number of aliphatic hydroxyl groups excluding tert-OH is 2. The molecule has 4 atom stereocenters. The lowest BCUT2D eigenvalue weighted by Gasteiger charge is -2.17. The van der Waals surface area contributed by atoms with Crippen molar-refractivity contribution in [2.24, 2.45) is 11.0 Å². The Balaban J connectivity index is 2.06. The van der Waals surface area contributed by atoms with Gasteiger partial charge in [0.2, 0.25) is 11.9 Å². The number of carbonyl (C=O) groups excluding carboxylic acids is 1. The smallest absolute Gasteiger partial charge is 0.280 e. The van der Waals surface area contributed by atoms with Gasteiger partial charge in [0.1, 0.15) is 18.4 Å². The summed E-state index contributed by atoms with van der Waals surface area (Å²) in [6.45, 7) is 2.87. The minimum atomic E-state index is -1.25. The van der Waals surface area contributed by atoms with Gasteiger partial charge in [-0.15, -0.1) is 0 Å². The van der Waals surface area contributed by atoms with Gasteiger partial charge < -0.3 is 14.9 Å². The van der Waals surface area contributed by atoms with Crippen LogP contribution in [0.3, 0.4) is 0 Å². The van der Waals surface area contributed by atoms with Crippen LogP contribution in [0.1, 0.15) is 20.1 Å². The maximum Gasteiger partial charge on any atom is 0.280 e. The van der Waals surface area contributed by atoms with Gasteiger partial charge in [-0.2, -0.15) is 4.98 Å². The van der Waals surface area contributed by atoms with E-state index in [0.29, 0.717) is 0 Å². The van der Waals surface area contributed by atoms with E-state index in [1.54, 1.807) is 13.8 Å². The molecule has 2 aromatic rings. The fraction of sp³-hybridized carbons (Fsp3) is 0.571. The molecule has 3 rings (SSSR count). The zero-order chi connectivity index (χ0) is 19.7. The molecule has 1 aliphatic heterocycles. The van der Waals surface area contributed by atoms with E-state index in [1.807, 2.05) is 0 Å². The molecule has 0 spiro atoms. The van der Waals surface area contributed by atoms with Crippen molar-refractivity contribution in [3.63, 3.8) is 0 Å². The highest BCUT2D eigenvalue weighted by atomic mass is 16.5. The molecule has 13 heteroatoms. The van der Waals surface area contributed by atoms with E-state index in [4.69, 9.17) is 10.3 Å². The molecule has 4 N–H and O–H groups in total. The first-order valence-corrected chi connectivity index (χ1v) is 8.13. The summed E-state index contributed by atoms with van der Waals surface area (Å²) >= 11 is 0. The summed E-state index contributed by atoms with van der Waals surface area (Å²) in [6.07, 6.45) is -2.03. The predicted molar refractivity (Wildman–Crippen MR) is 91.6 cm³/mol. The summed E-state index contributed by atoms with van der Waals surface area (Å²) < 4.78 is 6.87. The number of anilines is 1. The second-order valence-corrected chi connectivity index (χ2v) is 6.32. The van der Waals surface area contributed by atoms with Crippen molar-refractivity contribution in [1.82, 2.24) is 19.5 Å². The highest BCUT2D eigenvalue weighted by molar-refractivity contribution is 5.91. The van der Waals surface area contributed by atoms with Crippen LogP contribution in [0.25, 0.3) is 21.6 Å². The third-order valence-electron chi connectivity index (χ3n) is 4.17. The molecular weight excluding hydrogens is 360 g/mol. The first-order chi connectivity index (χ1) is 12.9.